The zero-order valence-corrected chi connectivity index (χ0v) is 14.2. The second kappa shape index (κ2) is 6.30. The maximum absolute atomic E-state index is 12.9. The van der Waals surface area contributed by atoms with Crippen molar-refractivity contribution in [3.63, 3.8) is 0 Å². The lowest BCUT2D eigenvalue weighted by atomic mass is 9.96. The number of amides is 1. The van der Waals surface area contributed by atoms with Crippen LogP contribution in [-0.4, -0.2) is 46.5 Å². The first-order valence-electron chi connectivity index (χ1n) is 8.81. The van der Waals surface area contributed by atoms with Crippen molar-refractivity contribution in [3.8, 4) is 0 Å². The molecule has 126 valence electrons. The van der Waals surface area contributed by atoms with E-state index in [9.17, 15) is 4.79 Å². The van der Waals surface area contributed by atoms with Gasteiger partial charge in [-0.05, 0) is 31.0 Å². The molecule has 0 radical (unpaired) electrons. The average Bonchev–Trinajstić information content (AvgIpc) is 3.09. The minimum absolute atomic E-state index is 0.102. The summed E-state index contributed by atoms with van der Waals surface area (Å²) in [7, 11) is 0. The van der Waals surface area contributed by atoms with Gasteiger partial charge in [0.25, 0.3) is 0 Å². The molecule has 0 spiro atoms. The molecule has 1 aromatic carbocycles. The molecule has 5 nitrogen and oxygen atoms in total. The zero-order valence-electron chi connectivity index (χ0n) is 14.2. The fourth-order valence-corrected chi connectivity index (χ4v) is 3.83. The van der Waals surface area contributed by atoms with Gasteiger partial charge in [0.15, 0.2) is 0 Å². The van der Waals surface area contributed by atoms with E-state index < -0.39 is 0 Å². The normalized spacial score (nSPS) is 20.8. The number of fused-ring (bicyclic) bond motifs is 1. The van der Waals surface area contributed by atoms with Crippen LogP contribution < -0.4 is 4.90 Å². The number of hydrogen-bond donors (Lipinski definition) is 0. The number of carbonyl (C=O) groups excluding carboxylic acids is 1. The second-order valence-electron chi connectivity index (χ2n) is 6.88. The fourth-order valence-electron chi connectivity index (χ4n) is 3.83. The Labute approximate surface area is 142 Å². The van der Waals surface area contributed by atoms with Crippen molar-refractivity contribution in [2.45, 2.75) is 26.3 Å². The van der Waals surface area contributed by atoms with E-state index in [1.165, 1.54) is 11.3 Å². The summed E-state index contributed by atoms with van der Waals surface area (Å²) in [5.74, 6) is 1.47. The van der Waals surface area contributed by atoms with Crippen LogP contribution in [0.1, 0.15) is 17.8 Å². The predicted octanol–water partition coefficient (Wildman–Crippen LogP) is 2.10. The van der Waals surface area contributed by atoms with Crippen LogP contribution in [0.5, 0.6) is 0 Å². The molecule has 2 aliphatic rings. The topological polar surface area (TPSA) is 41.4 Å². The van der Waals surface area contributed by atoms with E-state index in [2.05, 4.69) is 50.5 Å². The van der Waals surface area contributed by atoms with Crippen molar-refractivity contribution in [1.29, 1.82) is 0 Å². The summed E-state index contributed by atoms with van der Waals surface area (Å²) in [6.07, 6.45) is 5.56. The summed E-state index contributed by atoms with van der Waals surface area (Å²) >= 11 is 0. The highest BCUT2D eigenvalue weighted by molar-refractivity contribution is 5.79. The van der Waals surface area contributed by atoms with Gasteiger partial charge in [-0.3, -0.25) is 4.79 Å². The molecule has 1 amide bonds. The minimum atomic E-state index is 0.102. The minimum Gasteiger partial charge on any atom is -0.368 e. The van der Waals surface area contributed by atoms with Crippen molar-refractivity contribution in [2.75, 3.05) is 31.1 Å². The highest BCUT2D eigenvalue weighted by atomic mass is 16.2. The Kier molecular flexibility index (Phi) is 4.00. The summed E-state index contributed by atoms with van der Waals surface area (Å²) in [5.41, 5.74) is 2.55. The first-order chi connectivity index (χ1) is 11.7. The molecule has 24 heavy (non-hydrogen) atoms. The van der Waals surface area contributed by atoms with Crippen LogP contribution in [0.4, 0.5) is 5.69 Å². The van der Waals surface area contributed by atoms with Crippen molar-refractivity contribution in [2.24, 2.45) is 5.92 Å². The molecule has 0 N–H and O–H groups in total. The lowest BCUT2D eigenvalue weighted by Gasteiger charge is -2.38. The third-order valence-corrected chi connectivity index (χ3v) is 5.26. The maximum Gasteiger partial charge on any atom is 0.226 e. The Morgan fingerprint density at radius 1 is 1.17 bits per heavy atom. The SMILES string of the molecule is Cc1cccc(N2CCN(C(=O)C3CCn4ccnc4C3)CC2)c1. The Morgan fingerprint density at radius 2 is 2.00 bits per heavy atom. The van der Waals surface area contributed by atoms with Crippen LogP contribution in [0.3, 0.4) is 0 Å². The maximum atomic E-state index is 12.9. The van der Waals surface area contributed by atoms with E-state index in [0.29, 0.717) is 5.91 Å². The van der Waals surface area contributed by atoms with Gasteiger partial charge in [-0.15, -0.1) is 0 Å². The van der Waals surface area contributed by atoms with Crippen LogP contribution in [0.15, 0.2) is 36.7 Å². The Bertz CT molecular complexity index is 730. The van der Waals surface area contributed by atoms with E-state index in [-0.39, 0.29) is 5.92 Å². The molecule has 0 saturated carbocycles. The lowest BCUT2D eigenvalue weighted by Crippen LogP contribution is -2.51. The molecule has 2 aromatic rings. The third kappa shape index (κ3) is 2.90. The molecule has 1 saturated heterocycles. The molecule has 4 rings (SSSR count). The van der Waals surface area contributed by atoms with Crippen LogP contribution in [0, 0.1) is 12.8 Å². The van der Waals surface area contributed by atoms with E-state index in [4.69, 9.17) is 0 Å². The standard InChI is InChI=1S/C19H24N4O/c1-15-3-2-4-17(13-15)21-9-11-23(12-10-21)19(24)16-5-7-22-8-6-20-18(22)14-16/h2-4,6,8,13,16H,5,7,9-12,14H2,1H3. The number of carbonyl (C=O) groups is 1. The van der Waals surface area contributed by atoms with Crippen molar-refractivity contribution in [1.82, 2.24) is 14.5 Å². The largest absolute Gasteiger partial charge is 0.368 e. The summed E-state index contributed by atoms with van der Waals surface area (Å²) in [5, 5.41) is 0. The summed E-state index contributed by atoms with van der Waals surface area (Å²) in [6, 6.07) is 8.60. The monoisotopic (exact) mass is 324 g/mol. The Morgan fingerprint density at radius 3 is 2.79 bits per heavy atom. The molecule has 1 unspecified atom stereocenters. The van der Waals surface area contributed by atoms with Crippen LogP contribution in [-0.2, 0) is 17.8 Å². The molecule has 0 bridgehead atoms. The van der Waals surface area contributed by atoms with E-state index in [1.54, 1.807) is 0 Å². The smallest absolute Gasteiger partial charge is 0.226 e. The average molecular weight is 324 g/mol. The molecule has 1 atom stereocenters. The van der Waals surface area contributed by atoms with Crippen molar-refractivity contribution in [3.05, 3.63) is 48.0 Å². The number of benzene rings is 1. The van der Waals surface area contributed by atoms with Crippen LogP contribution in [0.25, 0.3) is 0 Å². The number of imidazole rings is 1. The van der Waals surface area contributed by atoms with Gasteiger partial charge in [-0.2, -0.15) is 0 Å². The zero-order chi connectivity index (χ0) is 16.5. The molecular formula is C19H24N4O. The highest BCUT2D eigenvalue weighted by Crippen LogP contribution is 2.23. The molecule has 2 aliphatic heterocycles. The van der Waals surface area contributed by atoms with E-state index >= 15 is 0 Å². The molecule has 0 aliphatic carbocycles. The summed E-state index contributed by atoms with van der Waals surface area (Å²) in [6.45, 7) is 6.49. The van der Waals surface area contributed by atoms with Crippen molar-refractivity contribution < 1.29 is 4.79 Å². The predicted molar refractivity (Wildman–Crippen MR) is 94.0 cm³/mol. The fraction of sp³-hybridized carbons (Fsp3) is 0.474. The Balaban J connectivity index is 1.37. The van der Waals surface area contributed by atoms with Gasteiger partial charge in [-0.25, -0.2) is 4.98 Å². The van der Waals surface area contributed by atoms with Crippen LogP contribution in [0.2, 0.25) is 0 Å². The summed E-state index contributed by atoms with van der Waals surface area (Å²) < 4.78 is 2.17. The Hall–Kier alpha value is -2.30. The third-order valence-electron chi connectivity index (χ3n) is 5.26. The number of aryl methyl sites for hydroxylation is 2. The quantitative estimate of drug-likeness (QED) is 0.849. The van der Waals surface area contributed by atoms with Gasteiger partial charge in [0.2, 0.25) is 5.91 Å². The van der Waals surface area contributed by atoms with E-state index in [0.717, 1.165) is 51.4 Å². The van der Waals surface area contributed by atoms with Crippen LogP contribution >= 0.6 is 0 Å². The second-order valence-corrected chi connectivity index (χ2v) is 6.88. The summed E-state index contributed by atoms with van der Waals surface area (Å²) in [4.78, 5) is 21.7. The number of nitrogens with zero attached hydrogens (tertiary/aromatic N) is 4. The molecule has 1 aromatic heterocycles. The first-order valence-corrected chi connectivity index (χ1v) is 8.81. The molecular weight excluding hydrogens is 300 g/mol. The highest BCUT2D eigenvalue weighted by Gasteiger charge is 2.30. The number of piperazine rings is 1. The number of rotatable bonds is 2. The van der Waals surface area contributed by atoms with Gasteiger partial charge in [0.1, 0.15) is 5.82 Å². The number of anilines is 1. The van der Waals surface area contributed by atoms with E-state index in [1.807, 2.05) is 12.4 Å². The van der Waals surface area contributed by atoms with Gasteiger partial charge >= 0.3 is 0 Å². The van der Waals surface area contributed by atoms with Crippen molar-refractivity contribution >= 4 is 11.6 Å². The molecule has 1 fully saturated rings. The number of aromatic nitrogens is 2. The van der Waals surface area contributed by atoms with Gasteiger partial charge in [0, 0.05) is 63.1 Å². The lowest BCUT2D eigenvalue weighted by molar-refractivity contribution is -0.136. The molecule has 3 heterocycles. The number of hydrogen-bond acceptors (Lipinski definition) is 3. The first kappa shape index (κ1) is 15.2. The van der Waals surface area contributed by atoms with Gasteiger partial charge in [0.05, 0.1) is 0 Å². The van der Waals surface area contributed by atoms with Gasteiger partial charge in [-0.1, -0.05) is 12.1 Å². The molecule has 5 heteroatoms. The van der Waals surface area contributed by atoms with Gasteiger partial charge < -0.3 is 14.4 Å².